The maximum Gasteiger partial charge on any atom is 0.150 e. The predicted octanol–water partition coefficient (Wildman–Crippen LogP) is 3.14. The van der Waals surface area contributed by atoms with E-state index < -0.39 is 0 Å². The maximum absolute atomic E-state index is 11.0. The first-order chi connectivity index (χ1) is 8.55. The Hall–Kier alpha value is -1.64. The van der Waals surface area contributed by atoms with E-state index in [9.17, 15) is 4.79 Å². The molecule has 0 atom stereocenters. The van der Waals surface area contributed by atoms with Crippen LogP contribution in [0.5, 0.6) is 0 Å². The van der Waals surface area contributed by atoms with Gasteiger partial charge in [-0.25, -0.2) is 4.98 Å². The molecule has 1 saturated carbocycles. The number of carbonyl (C=O) groups excluding carboxylic acids is 1. The van der Waals surface area contributed by atoms with Crippen molar-refractivity contribution in [3.63, 3.8) is 0 Å². The van der Waals surface area contributed by atoms with E-state index in [1.165, 1.54) is 19.3 Å². The number of carbonyl (C=O) groups is 1. The van der Waals surface area contributed by atoms with Crippen molar-refractivity contribution in [3.8, 4) is 0 Å². The summed E-state index contributed by atoms with van der Waals surface area (Å²) >= 11 is 0. The summed E-state index contributed by atoms with van der Waals surface area (Å²) in [5.74, 6) is 1.16. The summed E-state index contributed by atoms with van der Waals surface area (Å²) in [6.45, 7) is 4.24. The Labute approximate surface area is 107 Å². The van der Waals surface area contributed by atoms with Crippen LogP contribution >= 0.6 is 0 Å². The zero-order valence-electron chi connectivity index (χ0n) is 11.2. The lowest BCUT2D eigenvalue weighted by Gasteiger charge is -2.37. The topological polar surface area (TPSA) is 34.9 Å². The second-order valence-electron chi connectivity index (χ2n) is 5.72. The lowest BCUT2D eigenvalue weighted by atomic mass is 9.70. The van der Waals surface area contributed by atoms with Crippen LogP contribution < -0.4 is 0 Å². The Morgan fingerprint density at radius 3 is 2.67 bits per heavy atom. The molecule has 94 valence electrons. The highest BCUT2D eigenvalue weighted by Gasteiger charge is 2.37. The van der Waals surface area contributed by atoms with Gasteiger partial charge < -0.3 is 4.57 Å². The Morgan fingerprint density at radius 1 is 1.39 bits per heavy atom. The lowest BCUT2D eigenvalue weighted by Crippen LogP contribution is -2.33. The minimum atomic E-state index is 0.225. The number of aldehydes is 1. The Bertz CT molecular complexity index is 635. The minimum Gasteiger partial charge on any atom is -0.331 e. The second-order valence-corrected chi connectivity index (χ2v) is 5.72. The van der Waals surface area contributed by atoms with E-state index in [0.717, 1.165) is 34.3 Å². The number of imidazole rings is 1. The van der Waals surface area contributed by atoms with Gasteiger partial charge in [-0.2, -0.15) is 0 Å². The minimum absolute atomic E-state index is 0.225. The molecule has 18 heavy (non-hydrogen) atoms. The molecule has 0 amide bonds. The molecule has 0 bridgehead atoms. The summed E-state index contributed by atoms with van der Waals surface area (Å²) < 4.78 is 2.15. The highest BCUT2D eigenvalue weighted by Crippen LogP contribution is 2.43. The lowest BCUT2D eigenvalue weighted by molar-refractivity contribution is 0.112. The van der Waals surface area contributed by atoms with Crippen LogP contribution in [-0.4, -0.2) is 15.8 Å². The molecule has 3 nitrogen and oxygen atoms in total. The van der Waals surface area contributed by atoms with E-state index in [2.05, 4.69) is 18.5 Å². The van der Waals surface area contributed by atoms with Gasteiger partial charge in [0.15, 0.2) is 0 Å². The van der Waals surface area contributed by atoms with E-state index in [-0.39, 0.29) is 5.41 Å². The molecular formula is C15H18N2O. The van der Waals surface area contributed by atoms with Gasteiger partial charge in [-0.1, -0.05) is 13.3 Å². The normalized spacial score (nSPS) is 17.7. The summed E-state index contributed by atoms with van der Waals surface area (Å²) in [7, 11) is 2.05. The highest BCUT2D eigenvalue weighted by atomic mass is 16.1. The number of aromatic nitrogens is 2. The molecule has 0 unspecified atom stereocenters. The monoisotopic (exact) mass is 242 g/mol. The molecule has 0 aliphatic heterocycles. The Kier molecular flexibility index (Phi) is 2.34. The van der Waals surface area contributed by atoms with Crippen LogP contribution in [-0.2, 0) is 12.5 Å². The summed E-state index contributed by atoms with van der Waals surface area (Å²) in [6, 6.07) is 3.97. The number of hydrogen-bond acceptors (Lipinski definition) is 2. The molecule has 1 aromatic carbocycles. The van der Waals surface area contributed by atoms with Crippen LogP contribution in [0.15, 0.2) is 12.1 Å². The molecule has 0 spiro atoms. The smallest absolute Gasteiger partial charge is 0.150 e. The van der Waals surface area contributed by atoms with Crippen molar-refractivity contribution in [1.29, 1.82) is 0 Å². The Balaban J connectivity index is 2.25. The number of fused-ring (bicyclic) bond motifs is 1. The quantitative estimate of drug-likeness (QED) is 0.758. The van der Waals surface area contributed by atoms with Crippen molar-refractivity contribution in [2.45, 2.75) is 38.5 Å². The molecule has 1 fully saturated rings. The maximum atomic E-state index is 11.0. The van der Waals surface area contributed by atoms with E-state index >= 15 is 0 Å². The van der Waals surface area contributed by atoms with Crippen molar-refractivity contribution in [3.05, 3.63) is 29.1 Å². The first-order valence-corrected chi connectivity index (χ1v) is 6.48. The van der Waals surface area contributed by atoms with Crippen molar-refractivity contribution >= 4 is 17.3 Å². The van der Waals surface area contributed by atoms with Crippen LogP contribution in [0, 0.1) is 6.92 Å². The van der Waals surface area contributed by atoms with Gasteiger partial charge in [0.25, 0.3) is 0 Å². The van der Waals surface area contributed by atoms with Crippen LogP contribution in [0.2, 0.25) is 0 Å². The van der Waals surface area contributed by atoms with Crippen LogP contribution in [0.4, 0.5) is 0 Å². The van der Waals surface area contributed by atoms with Crippen molar-refractivity contribution < 1.29 is 4.79 Å². The van der Waals surface area contributed by atoms with Crippen molar-refractivity contribution in [1.82, 2.24) is 9.55 Å². The molecule has 3 rings (SSSR count). The molecule has 2 aromatic rings. The number of aryl methyl sites for hydroxylation is 2. The van der Waals surface area contributed by atoms with E-state index in [0.29, 0.717) is 0 Å². The van der Waals surface area contributed by atoms with E-state index in [4.69, 9.17) is 4.98 Å². The van der Waals surface area contributed by atoms with Crippen LogP contribution in [0.3, 0.4) is 0 Å². The summed E-state index contributed by atoms with van der Waals surface area (Å²) in [5.41, 5.74) is 4.05. The van der Waals surface area contributed by atoms with Gasteiger partial charge in [-0.3, -0.25) is 4.79 Å². The fourth-order valence-corrected chi connectivity index (χ4v) is 2.96. The van der Waals surface area contributed by atoms with Gasteiger partial charge in [0.2, 0.25) is 0 Å². The Morgan fingerprint density at radius 2 is 2.11 bits per heavy atom. The van der Waals surface area contributed by atoms with Gasteiger partial charge >= 0.3 is 0 Å². The number of rotatable bonds is 2. The van der Waals surface area contributed by atoms with Gasteiger partial charge in [-0.15, -0.1) is 0 Å². The van der Waals surface area contributed by atoms with Gasteiger partial charge in [-0.05, 0) is 37.5 Å². The first-order valence-electron chi connectivity index (χ1n) is 6.48. The van der Waals surface area contributed by atoms with E-state index in [1.807, 2.05) is 19.1 Å². The summed E-state index contributed by atoms with van der Waals surface area (Å²) in [4.78, 5) is 15.8. The third kappa shape index (κ3) is 1.43. The zero-order chi connectivity index (χ0) is 12.9. The average molecular weight is 242 g/mol. The van der Waals surface area contributed by atoms with Gasteiger partial charge in [0.05, 0.1) is 11.0 Å². The fourth-order valence-electron chi connectivity index (χ4n) is 2.96. The molecule has 3 heteroatoms. The molecule has 1 aliphatic rings. The summed E-state index contributed by atoms with van der Waals surface area (Å²) in [5, 5.41) is 0. The molecule has 0 N–H and O–H groups in total. The number of nitrogens with zero attached hydrogens (tertiary/aromatic N) is 2. The standard InChI is InChI=1S/C15H18N2O/c1-10-7-12-13(8-11(10)9-18)17(3)14(16-12)15(2)5-4-6-15/h7-9H,4-6H2,1-3H3. The first kappa shape index (κ1) is 11.5. The molecule has 1 aromatic heterocycles. The summed E-state index contributed by atoms with van der Waals surface area (Å²) in [6.07, 6.45) is 4.64. The van der Waals surface area contributed by atoms with Crippen molar-refractivity contribution in [2.24, 2.45) is 7.05 Å². The zero-order valence-corrected chi connectivity index (χ0v) is 11.2. The van der Waals surface area contributed by atoms with Crippen LogP contribution in [0.25, 0.3) is 11.0 Å². The predicted molar refractivity (Wildman–Crippen MR) is 72.0 cm³/mol. The molecule has 1 aliphatic carbocycles. The van der Waals surface area contributed by atoms with E-state index in [1.54, 1.807) is 0 Å². The molecule has 1 heterocycles. The van der Waals surface area contributed by atoms with Crippen molar-refractivity contribution in [2.75, 3.05) is 0 Å². The second kappa shape index (κ2) is 3.67. The van der Waals surface area contributed by atoms with Crippen LogP contribution in [0.1, 0.15) is 47.9 Å². The third-order valence-corrected chi connectivity index (χ3v) is 4.39. The number of benzene rings is 1. The van der Waals surface area contributed by atoms with Gasteiger partial charge in [0.1, 0.15) is 12.1 Å². The third-order valence-electron chi connectivity index (χ3n) is 4.39. The molecule has 0 saturated heterocycles. The SMILES string of the molecule is Cc1cc2nc(C3(C)CCC3)n(C)c2cc1C=O. The van der Waals surface area contributed by atoms with Gasteiger partial charge in [0, 0.05) is 18.0 Å². The average Bonchev–Trinajstić information content (AvgIpc) is 2.62. The highest BCUT2D eigenvalue weighted by molar-refractivity contribution is 5.87. The fraction of sp³-hybridized carbons (Fsp3) is 0.467. The molecule has 0 radical (unpaired) electrons. The largest absolute Gasteiger partial charge is 0.331 e. The number of hydrogen-bond donors (Lipinski definition) is 0. The molecular weight excluding hydrogens is 224 g/mol.